The summed E-state index contributed by atoms with van der Waals surface area (Å²) in [4.78, 5) is 14.6. The minimum atomic E-state index is -0.0894. The summed E-state index contributed by atoms with van der Waals surface area (Å²) >= 11 is 6.25. The fourth-order valence-corrected chi connectivity index (χ4v) is 3.30. The molecule has 0 atom stereocenters. The lowest BCUT2D eigenvalue weighted by molar-refractivity contribution is 0.0686. The second-order valence-corrected chi connectivity index (χ2v) is 5.95. The van der Waals surface area contributed by atoms with Gasteiger partial charge in [0.2, 0.25) is 0 Å². The molecule has 2 aromatic rings. The van der Waals surface area contributed by atoms with E-state index in [0.717, 1.165) is 12.8 Å². The molecule has 128 valence electrons. The molecule has 1 amide bonds. The van der Waals surface area contributed by atoms with Crippen molar-refractivity contribution in [1.82, 2.24) is 19.9 Å². The van der Waals surface area contributed by atoms with Crippen LogP contribution in [0.15, 0.2) is 24.5 Å². The summed E-state index contributed by atoms with van der Waals surface area (Å²) in [5.74, 6) is 0.739. The first-order valence-corrected chi connectivity index (χ1v) is 8.09. The number of amides is 1. The molecule has 1 fully saturated rings. The van der Waals surface area contributed by atoms with Gasteiger partial charge in [0.25, 0.3) is 5.91 Å². The van der Waals surface area contributed by atoms with Gasteiger partial charge in [0.05, 0.1) is 32.0 Å². The number of benzene rings is 1. The molecule has 1 aliphatic rings. The van der Waals surface area contributed by atoms with Gasteiger partial charge in [-0.1, -0.05) is 16.8 Å². The Morgan fingerprint density at radius 2 is 2.00 bits per heavy atom. The van der Waals surface area contributed by atoms with E-state index in [9.17, 15) is 4.79 Å². The molecule has 0 radical (unpaired) electrons. The first-order chi connectivity index (χ1) is 11.7. The van der Waals surface area contributed by atoms with Crippen molar-refractivity contribution in [2.24, 2.45) is 0 Å². The summed E-state index contributed by atoms with van der Waals surface area (Å²) in [5, 5.41) is 8.18. The summed E-state index contributed by atoms with van der Waals surface area (Å²) < 4.78 is 12.4. The third-order valence-electron chi connectivity index (χ3n) is 4.28. The molecule has 0 aliphatic carbocycles. The van der Waals surface area contributed by atoms with Crippen molar-refractivity contribution in [2.75, 3.05) is 27.3 Å². The van der Waals surface area contributed by atoms with Crippen LogP contribution in [0.2, 0.25) is 5.02 Å². The lowest BCUT2D eigenvalue weighted by atomic mass is 10.0. The maximum Gasteiger partial charge on any atom is 0.257 e. The Kier molecular flexibility index (Phi) is 4.89. The summed E-state index contributed by atoms with van der Waals surface area (Å²) in [7, 11) is 3.02. The average molecular weight is 351 g/mol. The fourth-order valence-electron chi connectivity index (χ4n) is 2.98. The van der Waals surface area contributed by atoms with E-state index < -0.39 is 0 Å². The van der Waals surface area contributed by atoms with Crippen molar-refractivity contribution >= 4 is 17.5 Å². The van der Waals surface area contributed by atoms with Crippen molar-refractivity contribution in [3.05, 3.63) is 35.1 Å². The van der Waals surface area contributed by atoms with Gasteiger partial charge in [0.15, 0.2) is 5.75 Å². The topological polar surface area (TPSA) is 69.5 Å². The van der Waals surface area contributed by atoms with Gasteiger partial charge < -0.3 is 14.4 Å². The summed E-state index contributed by atoms with van der Waals surface area (Å²) in [6, 6.07) is 3.65. The number of halogens is 1. The van der Waals surface area contributed by atoms with Crippen LogP contribution in [0.25, 0.3) is 0 Å². The summed E-state index contributed by atoms with van der Waals surface area (Å²) in [6.45, 7) is 1.30. The Balaban J connectivity index is 1.75. The number of ether oxygens (including phenoxy) is 2. The van der Waals surface area contributed by atoms with Crippen molar-refractivity contribution in [1.29, 1.82) is 0 Å². The number of aromatic nitrogens is 3. The lowest BCUT2D eigenvalue weighted by Crippen LogP contribution is -2.39. The zero-order valence-electron chi connectivity index (χ0n) is 13.6. The maximum absolute atomic E-state index is 12.8. The molecular formula is C16H19ClN4O3. The van der Waals surface area contributed by atoms with Crippen molar-refractivity contribution in [3.63, 3.8) is 0 Å². The molecular weight excluding hydrogens is 332 g/mol. The van der Waals surface area contributed by atoms with Gasteiger partial charge in [-0.2, -0.15) is 0 Å². The highest BCUT2D eigenvalue weighted by molar-refractivity contribution is 6.34. The van der Waals surface area contributed by atoms with Gasteiger partial charge in [-0.25, -0.2) is 4.68 Å². The van der Waals surface area contributed by atoms with Crippen LogP contribution in [0, 0.1) is 0 Å². The monoisotopic (exact) mass is 350 g/mol. The highest BCUT2D eigenvalue weighted by Gasteiger charge is 2.28. The number of carbonyl (C=O) groups is 1. The number of methoxy groups -OCH3 is 2. The largest absolute Gasteiger partial charge is 0.495 e. The fraction of sp³-hybridized carbons (Fsp3) is 0.438. The van der Waals surface area contributed by atoms with Gasteiger partial charge in [-0.3, -0.25) is 4.79 Å². The van der Waals surface area contributed by atoms with E-state index >= 15 is 0 Å². The highest BCUT2D eigenvalue weighted by atomic mass is 35.5. The maximum atomic E-state index is 12.8. The van der Waals surface area contributed by atoms with Crippen LogP contribution in [0.5, 0.6) is 11.5 Å². The molecule has 8 heteroatoms. The standard InChI is InChI=1S/C16H19ClN4O3/c1-23-13-4-3-12(15(24-2)14(13)17)16(22)20-8-5-11(6-9-20)21-10-7-18-19-21/h3-4,7,10-11H,5-6,8-9H2,1-2H3. The van der Waals surface area contributed by atoms with E-state index in [0.29, 0.717) is 35.2 Å². The van der Waals surface area contributed by atoms with Crippen LogP contribution in [0.4, 0.5) is 0 Å². The molecule has 0 bridgehead atoms. The predicted molar refractivity (Wildman–Crippen MR) is 88.8 cm³/mol. The van der Waals surface area contributed by atoms with Crippen molar-refractivity contribution in [3.8, 4) is 11.5 Å². The first kappa shape index (κ1) is 16.6. The molecule has 0 unspecified atom stereocenters. The van der Waals surface area contributed by atoms with E-state index in [-0.39, 0.29) is 11.9 Å². The molecule has 3 rings (SSSR count). The number of nitrogens with zero attached hydrogens (tertiary/aromatic N) is 4. The third-order valence-corrected chi connectivity index (χ3v) is 4.64. The molecule has 24 heavy (non-hydrogen) atoms. The Labute approximate surface area is 145 Å². The smallest absolute Gasteiger partial charge is 0.257 e. The first-order valence-electron chi connectivity index (χ1n) is 7.71. The summed E-state index contributed by atoms with van der Waals surface area (Å²) in [6.07, 6.45) is 5.19. The quantitative estimate of drug-likeness (QED) is 0.847. The van der Waals surface area contributed by atoms with Gasteiger partial charge in [0, 0.05) is 19.3 Å². The number of piperidine rings is 1. The molecule has 0 spiro atoms. The van der Waals surface area contributed by atoms with E-state index in [2.05, 4.69) is 10.3 Å². The predicted octanol–water partition coefficient (Wildman–Crippen LogP) is 2.43. The van der Waals surface area contributed by atoms with Gasteiger partial charge in [-0.05, 0) is 25.0 Å². The number of carbonyl (C=O) groups excluding carboxylic acids is 1. The van der Waals surface area contributed by atoms with E-state index in [1.807, 2.05) is 15.8 Å². The molecule has 1 saturated heterocycles. The Morgan fingerprint density at radius 1 is 1.25 bits per heavy atom. The van der Waals surface area contributed by atoms with Crippen LogP contribution in [0.3, 0.4) is 0 Å². The lowest BCUT2D eigenvalue weighted by Gasteiger charge is -2.32. The van der Waals surface area contributed by atoms with Gasteiger partial charge in [0.1, 0.15) is 10.8 Å². The molecule has 1 aliphatic heterocycles. The van der Waals surface area contributed by atoms with Gasteiger partial charge in [-0.15, -0.1) is 5.10 Å². The van der Waals surface area contributed by atoms with Crippen molar-refractivity contribution in [2.45, 2.75) is 18.9 Å². The number of hydrogen-bond acceptors (Lipinski definition) is 5. The minimum absolute atomic E-state index is 0.0894. The zero-order chi connectivity index (χ0) is 17.1. The average Bonchev–Trinajstić information content (AvgIpc) is 3.15. The van der Waals surface area contributed by atoms with Crippen LogP contribution in [-0.4, -0.2) is 53.1 Å². The van der Waals surface area contributed by atoms with Crippen LogP contribution >= 0.6 is 11.6 Å². The molecule has 1 aromatic carbocycles. The van der Waals surface area contributed by atoms with Crippen LogP contribution in [0.1, 0.15) is 29.2 Å². The molecule has 0 saturated carbocycles. The second kappa shape index (κ2) is 7.09. The highest BCUT2D eigenvalue weighted by Crippen LogP contribution is 2.37. The molecule has 2 heterocycles. The normalized spacial score (nSPS) is 15.4. The Bertz CT molecular complexity index is 712. The van der Waals surface area contributed by atoms with E-state index in [1.54, 1.807) is 18.3 Å². The number of likely N-dealkylation sites (tertiary alicyclic amines) is 1. The van der Waals surface area contributed by atoms with E-state index in [1.165, 1.54) is 14.2 Å². The minimum Gasteiger partial charge on any atom is -0.495 e. The van der Waals surface area contributed by atoms with Gasteiger partial charge >= 0.3 is 0 Å². The molecule has 7 nitrogen and oxygen atoms in total. The Hall–Kier alpha value is -2.28. The third kappa shape index (κ3) is 3.03. The second-order valence-electron chi connectivity index (χ2n) is 5.57. The van der Waals surface area contributed by atoms with Crippen molar-refractivity contribution < 1.29 is 14.3 Å². The SMILES string of the molecule is COc1ccc(C(=O)N2CCC(n3ccnn3)CC2)c(OC)c1Cl. The zero-order valence-corrected chi connectivity index (χ0v) is 14.4. The Morgan fingerprint density at radius 3 is 2.58 bits per heavy atom. The van der Waals surface area contributed by atoms with Crippen LogP contribution in [-0.2, 0) is 0 Å². The number of hydrogen-bond donors (Lipinski definition) is 0. The van der Waals surface area contributed by atoms with Crippen LogP contribution < -0.4 is 9.47 Å². The molecule has 0 N–H and O–H groups in total. The van der Waals surface area contributed by atoms with E-state index in [4.69, 9.17) is 21.1 Å². The molecule has 1 aromatic heterocycles. The summed E-state index contributed by atoms with van der Waals surface area (Å²) in [5.41, 5.74) is 0.447. The number of rotatable bonds is 4.